The highest BCUT2D eigenvalue weighted by atomic mass is 35.5. The Morgan fingerprint density at radius 1 is 0.907 bits per heavy atom. The molecule has 0 aromatic heterocycles. The number of imide groups is 1. The van der Waals surface area contributed by atoms with Crippen molar-refractivity contribution in [2.75, 3.05) is 0 Å². The number of benzene rings is 3. The van der Waals surface area contributed by atoms with Gasteiger partial charge >= 0.3 is 12.2 Å². The number of rotatable bonds is 4. The van der Waals surface area contributed by atoms with Gasteiger partial charge in [-0.3, -0.25) is 14.5 Å². The number of carbonyl (C=O) groups is 4. The largest absolute Gasteiger partial charge is 0.443 e. The molecule has 4 amide bonds. The molecule has 226 valence electrons. The monoisotopic (exact) mass is 609 g/mol. The SMILES string of the molecule is CC(C)(C)OC(=O)NN(C(=O)OC(C)(C)C)[C@]1(c2ccc(F)c(Cl)c2)C(=O)N(Cc2ccccc2)C(=O)c2ccccc21. The first-order valence-corrected chi connectivity index (χ1v) is 13.9. The van der Waals surface area contributed by atoms with Crippen LogP contribution in [0.5, 0.6) is 0 Å². The molecule has 0 saturated heterocycles. The molecule has 0 saturated carbocycles. The summed E-state index contributed by atoms with van der Waals surface area (Å²) in [6.07, 6.45) is -2.22. The first kappa shape index (κ1) is 31.5. The molecule has 0 spiro atoms. The van der Waals surface area contributed by atoms with E-state index < -0.39 is 46.6 Å². The Bertz CT molecular complexity index is 1570. The lowest BCUT2D eigenvalue weighted by molar-refractivity contribution is -0.143. The summed E-state index contributed by atoms with van der Waals surface area (Å²) in [4.78, 5) is 57.1. The fraction of sp³-hybridized carbons (Fsp3) is 0.312. The topological polar surface area (TPSA) is 105 Å². The van der Waals surface area contributed by atoms with Gasteiger partial charge in [0.05, 0.1) is 11.6 Å². The van der Waals surface area contributed by atoms with E-state index in [1.165, 1.54) is 24.3 Å². The number of amides is 4. The van der Waals surface area contributed by atoms with Crippen LogP contribution in [0.3, 0.4) is 0 Å². The normalized spacial score (nSPS) is 16.8. The van der Waals surface area contributed by atoms with Crippen molar-refractivity contribution in [3.63, 3.8) is 0 Å². The fourth-order valence-corrected chi connectivity index (χ4v) is 4.93. The molecule has 3 aromatic rings. The molecule has 9 nitrogen and oxygen atoms in total. The van der Waals surface area contributed by atoms with Gasteiger partial charge in [-0.2, -0.15) is 5.01 Å². The summed E-state index contributed by atoms with van der Waals surface area (Å²) < 4.78 is 25.6. The molecule has 1 heterocycles. The molecule has 0 unspecified atom stereocenters. The first-order chi connectivity index (χ1) is 20.0. The molecule has 1 aliphatic heterocycles. The second-order valence-electron chi connectivity index (χ2n) is 12.0. The summed E-state index contributed by atoms with van der Waals surface area (Å²) in [6, 6.07) is 18.4. The van der Waals surface area contributed by atoms with Crippen LogP contribution in [-0.2, 0) is 26.4 Å². The van der Waals surface area contributed by atoms with E-state index in [1.54, 1.807) is 84.0 Å². The third-order valence-corrected chi connectivity index (χ3v) is 6.67. The molecular formula is C32H33ClFN3O6. The van der Waals surface area contributed by atoms with Gasteiger partial charge in [0.1, 0.15) is 17.0 Å². The van der Waals surface area contributed by atoms with Gasteiger partial charge in [-0.25, -0.2) is 19.4 Å². The molecule has 0 radical (unpaired) electrons. The van der Waals surface area contributed by atoms with Crippen LogP contribution >= 0.6 is 11.6 Å². The molecule has 0 bridgehead atoms. The Balaban J connectivity index is 2.07. The fourth-order valence-electron chi connectivity index (χ4n) is 4.75. The Morgan fingerprint density at radius 2 is 1.51 bits per heavy atom. The van der Waals surface area contributed by atoms with Crippen molar-refractivity contribution in [2.24, 2.45) is 0 Å². The number of nitrogens with zero attached hydrogens (tertiary/aromatic N) is 2. The van der Waals surface area contributed by atoms with Gasteiger partial charge in [0.15, 0.2) is 5.54 Å². The smallest absolute Gasteiger partial charge is 0.431 e. The van der Waals surface area contributed by atoms with E-state index in [-0.39, 0.29) is 28.3 Å². The van der Waals surface area contributed by atoms with Gasteiger partial charge in [-0.05, 0) is 70.9 Å². The predicted octanol–water partition coefficient (Wildman–Crippen LogP) is 6.58. The van der Waals surface area contributed by atoms with E-state index >= 15 is 0 Å². The van der Waals surface area contributed by atoms with Gasteiger partial charge in [-0.15, -0.1) is 0 Å². The van der Waals surface area contributed by atoms with Gasteiger partial charge in [0, 0.05) is 11.1 Å². The van der Waals surface area contributed by atoms with Crippen molar-refractivity contribution in [2.45, 2.75) is 64.8 Å². The number of ether oxygens (including phenoxy) is 2. The number of halogens is 2. The zero-order valence-corrected chi connectivity index (χ0v) is 25.5. The van der Waals surface area contributed by atoms with Gasteiger partial charge in [0.2, 0.25) is 0 Å². The molecule has 11 heteroatoms. The van der Waals surface area contributed by atoms with Crippen LogP contribution in [-0.4, -0.2) is 45.1 Å². The Kier molecular flexibility index (Phi) is 8.56. The van der Waals surface area contributed by atoms with Crippen LogP contribution < -0.4 is 5.43 Å². The van der Waals surface area contributed by atoms with E-state index in [0.29, 0.717) is 10.6 Å². The number of hydrogen-bond acceptors (Lipinski definition) is 6. The van der Waals surface area contributed by atoms with E-state index in [9.17, 15) is 23.6 Å². The Labute approximate surface area is 254 Å². The van der Waals surface area contributed by atoms with Crippen LogP contribution in [0.25, 0.3) is 0 Å². The summed E-state index contributed by atoms with van der Waals surface area (Å²) in [5, 5.41) is 0.344. The van der Waals surface area contributed by atoms with Crippen molar-refractivity contribution < 1.29 is 33.0 Å². The number of hydrazine groups is 1. The zero-order valence-electron chi connectivity index (χ0n) is 24.7. The maximum atomic E-state index is 14.9. The van der Waals surface area contributed by atoms with Crippen LogP contribution in [0.4, 0.5) is 14.0 Å². The van der Waals surface area contributed by atoms with Crippen LogP contribution in [0.15, 0.2) is 72.8 Å². The Hall–Kier alpha value is -4.44. The minimum absolute atomic E-state index is 0.0103. The first-order valence-electron chi connectivity index (χ1n) is 13.5. The van der Waals surface area contributed by atoms with Crippen molar-refractivity contribution in [1.82, 2.24) is 15.3 Å². The van der Waals surface area contributed by atoms with Crippen molar-refractivity contribution in [1.29, 1.82) is 0 Å². The van der Waals surface area contributed by atoms with Crippen LogP contribution in [0, 0.1) is 5.82 Å². The average Bonchev–Trinajstić information content (AvgIpc) is 2.91. The van der Waals surface area contributed by atoms with Crippen LogP contribution in [0.2, 0.25) is 5.02 Å². The van der Waals surface area contributed by atoms with Gasteiger partial charge in [0.25, 0.3) is 11.8 Å². The summed E-state index contributed by atoms with van der Waals surface area (Å²) >= 11 is 6.23. The van der Waals surface area contributed by atoms with E-state index in [2.05, 4.69) is 5.43 Å². The van der Waals surface area contributed by atoms with E-state index in [0.717, 1.165) is 11.0 Å². The lowest BCUT2D eigenvalue weighted by Crippen LogP contribution is -2.68. The molecule has 0 fully saturated rings. The third kappa shape index (κ3) is 6.49. The predicted molar refractivity (Wildman–Crippen MR) is 157 cm³/mol. The third-order valence-electron chi connectivity index (χ3n) is 6.38. The zero-order chi connectivity index (χ0) is 31.7. The van der Waals surface area contributed by atoms with Crippen molar-refractivity contribution in [3.8, 4) is 0 Å². The highest BCUT2D eigenvalue weighted by Gasteiger charge is 2.59. The van der Waals surface area contributed by atoms with Crippen LogP contribution in [0.1, 0.15) is 68.6 Å². The molecule has 3 aromatic carbocycles. The van der Waals surface area contributed by atoms with Gasteiger partial charge < -0.3 is 9.47 Å². The summed E-state index contributed by atoms with van der Waals surface area (Å²) in [6.45, 7) is 9.54. The lowest BCUT2D eigenvalue weighted by atomic mass is 9.75. The van der Waals surface area contributed by atoms with Crippen molar-refractivity contribution in [3.05, 3.63) is 106 Å². The van der Waals surface area contributed by atoms with E-state index in [1.807, 2.05) is 0 Å². The molecule has 0 aliphatic carbocycles. The quantitative estimate of drug-likeness (QED) is 0.265. The number of fused-ring (bicyclic) bond motifs is 1. The van der Waals surface area contributed by atoms with Gasteiger partial charge in [-0.1, -0.05) is 66.2 Å². The maximum Gasteiger partial charge on any atom is 0.431 e. The summed E-state index contributed by atoms with van der Waals surface area (Å²) in [7, 11) is 0. The molecular weight excluding hydrogens is 577 g/mol. The van der Waals surface area contributed by atoms with E-state index in [4.69, 9.17) is 21.1 Å². The second kappa shape index (κ2) is 11.7. The number of nitrogens with one attached hydrogen (secondary N) is 1. The lowest BCUT2D eigenvalue weighted by Gasteiger charge is -2.47. The minimum atomic E-state index is -2.30. The van der Waals surface area contributed by atoms with Crippen molar-refractivity contribution >= 4 is 35.6 Å². The average molecular weight is 610 g/mol. The standard InChI is InChI=1S/C32H33ClFN3O6/c1-30(2,3)42-28(40)35-37(29(41)43-31(4,5)6)32(21-16-17-25(34)24(33)18-21)23-15-11-10-14-22(23)26(38)36(27(32)39)19-20-12-8-7-9-13-20/h7-18H,19H2,1-6H3,(H,35,40)/t32-/m0/s1. The molecule has 4 rings (SSSR count). The molecule has 1 aliphatic rings. The molecule has 1 N–H and O–H groups in total. The number of hydrogen-bond donors (Lipinski definition) is 1. The highest BCUT2D eigenvalue weighted by molar-refractivity contribution is 6.31. The summed E-state index contributed by atoms with van der Waals surface area (Å²) in [5.74, 6) is -2.32. The summed E-state index contributed by atoms with van der Waals surface area (Å²) in [5.41, 5.74) is -1.23. The maximum absolute atomic E-state index is 14.9. The minimum Gasteiger partial charge on any atom is -0.443 e. The molecule has 1 atom stereocenters. The highest BCUT2D eigenvalue weighted by Crippen LogP contribution is 2.44. The molecule has 43 heavy (non-hydrogen) atoms. The number of carbonyl (C=O) groups excluding carboxylic acids is 4. The second-order valence-corrected chi connectivity index (χ2v) is 12.4. The Morgan fingerprint density at radius 3 is 2.12 bits per heavy atom.